The number of thiazole rings is 1. The molecule has 1 saturated heterocycles. The van der Waals surface area contributed by atoms with Crippen molar-refractivity contribution in [1.82, 2.24) is 10.3 Å². The van der Waals surface area contributed by atoms with E-state index in [1.165, 1.54) is 24.2 Å². The molecule has 1 atom stereocenters. The number of hydrogen-bond donors (Lipinski definition) is 2. The molecule has 1 aromatic heterocycles. The zero-order valence-electron chi connectivity index (χ0n) is 12.5. The Hall–Kier alpha value is -1.30. The Labute approximate surface area is 124 Å². The fourth-order valence-electron chi connectivity index (χ4n) is 2.10. The first-order chi connectivity index (χ1) is 9.49. The van der Waals surface area contributed by atoms with E-state index in [0.717, 1.165) is 18.2 Å². The van der Waals surface area contributed by atoms with Crippen LogP contribution in [0.2, 0.25) is 0 Å². The Balaban J connectivity index is 1.99. The monoisotopic (exact) mass is 296 g/mol. The molecule has 0 aliphatic carbocycles. The lowest BCUT2D eigenvalue weighted by Gasteiger charge is -2.15. The third kappa shape index (κ3) is 3.42. The molecule has 2 rings (SSSR count). The summed E-state index contributed by atoms with van der Waals surface area (Å²) in [5, 5.41) is 3.83. The van der Waals surface area contributed by atoms with Gasteiger partial charge < -0.3 is 16.0 Å². The van der Waals surface area contributed by atoms with Gasteiger partial charge in [-0.05, 0) is 24.7 Å². The van der Waals surface area contributed by atoms with E-state index in [-0.39, 0.29) is 5.91 Å². The lowest BCUT2D eigenvalue weighted by molar-refractivity contribution is 0.0949. The van der Waals surface area contributed by atoms with Gasteiger partial charge in [-0.25, -0.2) is 4.98 Å². The summed E-state index contributed by atoms with van der Waals surface area (Å²) >= 11 is 1.40. The molecule has 5 nitrogen and oxygen atoms in total. The summed E-state index contributed by atoms with van der Waals surface area (Å²) in [6.07, 6.45) is 2.37. The van der Waals surface area contributed by atoms with Crippen LogP contribution >= 0.6 is 11.3 Å². The predicted octanol–water partition coefficient (Wildman–Crippen LogP) is 2.35. The standard InChI is InChI=1S/C14H24N4OS/c1-9(2)10(3)8-16-13(19)11-12(15)17-14(20-11)18-6-4-5-7-18/h9-10H,4-8,15H2,1-3H3,(H,16,19). The summed E-state index contributed by atoms with van der Waals surface area (Å²) in [5.74, 6) is 1.25. The van der Waals surface area contributed by atoms with E-state index >= 15 is 0 Å². The molecular weight excluding hydrogens is 272 g/mol. The highest BCUT2D eigenvalue weighted by atomic mass is 32.1. The van der Waals surface area contributed by atoms with Gasteiger partial charge in [0, 0.05) is 19.6 Å². The Morgan fingerprint density at radius 1 is 1.40 bits per heavy atom. The second kappa shape index (κ2) is 6.43. The molecule has 20 heavy (non-hydrogen) atoms. The molecule has 0 saturated carbocycles. The minimum Gasteiger partial charge on any atom is -0.382 e. The van der Waals surface area contributed by atoms with Crippen molar-refractivity contribution >= 4 is 28.2 Å². The number of nitrogen functional groups attached to an aromatic ring is 1. The third-order valence-electron chi connectivity index (χ3n) is 3.95. The Kier molecular flexibility index (Phi) is 4.86. The summed E-state index contributed by atoms with van der Waals surface area (Å²) in [7, 11) is 0. The van der Waals surface area contributed by atoms with Crippen molar-refractivity contribution in [1.29, 1.82) is 0 Å². The topological polar surface area (TPSA) is 71.2 Å². The predicted molar refractivity (Wildman–Crippen MR) is 84.3 cm³/mol. The molecule has 1 fully saturated rings. The van der Waals surface area contributed by atoms with Crippen molar-refractivity contribution in [3.8, 4) is 0 Å². The fourth-order valence-corrected chi connectivity index (χ4v) is 3.05. The first-order valence-corrected chi connectivity index (χ1v) is 8.10. The number of nitrogens with two attached hydrogens (primary N) is 1. The number of nitrogens with one attached hydrogen (secondary N) is 1. The third-order valence-corrected chi connectivity index (χ3v) is 5.08. The van der Waals surface area contributed by atoms with Crippen molar-refractivity contribution in [2.45, 2.75) is 33.6 Å². The van der Waals surface area contributed by atoms with E-state index in [2.05, 4.69) is 36.0 Å². The van der Waals surface area contributed by atoms with Crippen LogP contribution in [-0.2, 0) is 0 Å². The lowest BCUT2D eigenvalue weighted by Crippen LogP contribution is -2.30. The number of rotatable bonds is 5. The zero-order chi connectivity index (χ0) is 14.7. The number of nitrogens with zero attached hydrogens (tertiary/aromatic N) is 2. The van der Waals surface area contributed by atoms with Gasteiger partial charge >= 0.3 is 0 Å². The first-order valence-electron chi connectivity index (χ1n) is 7.28. The van der Waals surface area contributed by atoms with Crippen LogP contribution in [-0.4, -0.2) is 30.5 Å². The average Bonchev–Trinajstić information content (AvgIpc) is 3.04. The Morgan fingerprint density at radius 3 is 2.65 bits per heavy atom. The molecule has 3 N–H and O–H groups in total. The van der Waals surface area contributed by atoms with Gasteiger partial charge in [0.1, 0.15) is 10.7 Å². The van der Waals surface area contributed by atoms with E-state index in [1.54, 1.807) is 0 Å². The molecule has 1 unspecified atom stereocenters. The van der Waals surface area contributed by atoms with Crippen LogP contribution in [0.3, 0.4) is 0 Å². The lowest BCUT2D eigenvalue weighted by atomic mass is 9.98. The molecule has 0 aromatic carbocycles. The second-order valence-electron chi connectivity index (χ2n) is 5.84. The molecule has 0 spiro atoms. The van der Waals surface area contributed by atoms with E-state index in [4.69, 9.17) is 5.73 Å². The Morgan fingerprint density at radius 2 is 2.05 bits per heavy atom. The van der Waals surface area contributed by atoms with Crippen LogP contribution < -0.4 is 16.0 Å². The van der Waals surface area contributed by atoms with E-state index in [9.17, 15) is 4.79 Å². The molecule has 1 aromatic rings. The zero-order valence-corrected chi connectivity index (χ0v) is 13.3. The van der Waals surface area contributed by atoms with Gasteiger partial charge in [0.2, 0.25) is 0 Å². The average molecular weight is 296 g/mol. The number of anilines is 2. The maximum Gasteiger partial charge on any atom is 0.265 e. The molecule has 0 radical (unpaired) electrons. The number of aromatic nitrogens is 1. The number of carbonyl (C=O) groups is 1. The molecule has 1 aliphatic rings. The van der Waals surface area contributed by atoms with E-state index in [0.29, 0.717) is 29.1 Å². The van der Waals surface area contributed by atoms with Gasteiger partial charge in [-0.15, -0.1) is 0 Å². The summed E-state index contributed by atoms with van der Waals surface area (Å²) in [4.78, 5) is 19.3. The largest absolute Gasteiger partial charge is 0.382 e. The van der Waals surface area contributed by atoms with E-state index in [1.807, 2.05) is 0 Å². The van der Waals surface area contributed by atoms with Gasteiger partial charge in [0.05, 0.1) is 0 Å². The minimum absolute atomic E-state index is 0.0991. The van der Waals surface area contributed by atoms with Gasteiger partial charge in [0.15, 0.2) is 5.13 Å². The fraction of sp³-hybridized carbons (Fsp3) is 0.714. The quantitative estimate of drug-likeness (QED) is 0.875. The first kappa shape index (κ1) is 15.1. The summed E-state index contributed by atoms with van der Waals surface area (Å²) in [6.45, 7) is 9.15. The van der Waals surface area contributed by atoms with Crippen molar-refractivity contribution in [3.05, 3.63) is 4.88 Å². The van der Waals surface area contributed by atoms with Crippen LogP contribution in [0, 0.1) is 11.8 Å². The normalized spacial score (nSPS) is 16.7. The molecule has 0 bridgehead atoms. The highest BCUT2D eigenvalue weighted by molar-refractivity contribution is 7.18. The van der Waals surface area contributed by atoms with Crippen LogP contribution in [0.1, 0.15) is 43.3 Å². The van der Waals surface area contributed by atoms with E-state index < -0.39 is 0 Å². The van der Waals surface area contributed by atoms with Gasteiger partial charge in [-0.3, -0.25) is 4.79 Å². The summed E-state index contributed by atoms with van der Waals surface area (Å²) < 4.78 is 0. The van der Waals surface area contributed by atoms with Crippen molar-refractivity contribution in [2.75, 3.05) is 30.3 Å². The van der Waals surface area contributed by atoms with Gasteiger partial charge in [-0.1, -0.05) is 32.1 Å². The van der Waals surface area contributed by atoms with Gasteiger partial charge in [-0.2, -0.15) is 0 Å². The number of carbonyl (C=O) groups excluding carboxylic acids is 1. The maximum absolute atomic E-state index is 12.2. The van der Waals surface area contributed by atoms with Crippen molar-refractivity contribution in [2.24, 2.45) is 11.8 Å². The van der Waals surface area contributed by atoms with Crippen LogP contribution in [0.25, 0.3) is 0 Å². The number of amides is 1. The molecule has 112 valence electrons. The number of hydrogen-bond acceptors (Lipinski definition) is 5. The maximum atomic E-state index is 12.2. The SMILES string of the molecule is CC(C)C(C)CNC(=O)c1sc(N2CCCC2)nc1N. The minimum atomic E-state index is -0.0991. The molecule has 6 heteroatoms. The van der Waals surface area contributed by atoms with Crippen LogP contribution in [0.4, 0.5) is 10.9 Å². The highest BCUT2D eigenvalue weighted by Gasteiger charge is 2.21. The van der Waals surface area contributed by atoms with Crippen LogP contribution in [0.15, 0.2) is 0 Å². The van der Waals surface area contributed by atoms with Crippen LogP contribution in [0.5, 0.6) is 0 Å². The Bertz CT molecular complexity index is 466. The second-order valence-corrected chi connectivity index (χ2v) is 6.81. The van der Waals surface area contributed by atoms with Crippen molar-refractivity contribution in [3.63, 3.8) is 0 Å². The molecule has 1 amide bonds. The molecule has 1 aliphatic heterocycles. The van der Waals surface area contributed by atoms with Gasteiger partial charge in [0.25, 0.3) is 5.91 Å². The highest BCUT2D eigenvalue weighted by Crippen LogP contribution is 2.30. The van der Waals surface area contributed by atoms with Crippen molar-refractivity contribution < 1.29 is 4.79 Å². The molecular formula is C14H24N4OS. The smallest absolute Gasteiger partial charge is 0.265 e. The summed E-state index contributed by atoms with van der Waals surface area (Å²) in [5.41, 5.74) is 5.89. The molecule has 2 heterocycles. The summed E-state index contributed by atoms with van der Waals surface area (Å²) in [6, 6.07) is 0.